The Bertz CT molecular complexity index is 1120. The van der Waals surface area contributed by atoms with Crippen LogP contribution in [0.2, 0.25) is 0 Å². The fourth-order valence-corrected chi connectivity index (χ4v) is 3.91. The van der Waals surface area contributed by atoms with Gasteiger partial charge in [-0.25, -0.2) is 0 Å². The molecule has 0 aliphatic heterocycles. The van der Waals surface area contributed by atoms with E-state index >= 15 is 0 Å². The van der Waals surface area contributed by atoms with Crippen LogP contribution in [0, 0.1) is 28.6 Å². The number of allylic oxidation sites excluding steroid dienone is 4. The normalized spacial score (nSPS) is 17.2. The molecule has 1 aliphatic carbocycles. The highest BCUT2D eigenvalue weighted by Gasteiger charge is 2.19. The van der Waals surface area contributed by atoms with Gasteiger partial charge in [0.25, 0.3) is 0 Å². The third-order valence-electron chi connectivity index (χ3n) is 4.37. The molecule has 4 heteroatoms. The van der Waals surface area contributed by atoms with Gasteiger partial charge in [-0.1, -0.05) is 40.2 Å². The van der Waals surface area contributed by atoms with Gasteiger partial charge in [0, 0.05) is 21.7 Å². The van der Waals surface area contributed by atoms with Crippen LogP contribution >= 0.6 is 15.9 Å². The number of nitriles is 2. The maximum Gasteiger partial charge on any atom is 0.0991 e. The number of halogens is 1. The van der Waals surface area contributed by atoms with Crippen molar-refractivity contribution in [1.29, 1.82) is 10.5 Å². The second-order valence-electron chi connectivity index (χ2n) is 5.79. The summed E-state index contributed by atoms with van der Waals surface area (Å²) in [4.78, 5) is 0. The first kappa shape index (κ1) is 14.8. The Hall–Kier alpha value is -2.82. The summed E-state index contributed by atoms with van der Waals surface area (Å²) >= 11 is 3.66. The van der Waals surface area contributed by atoms with Crippen LogP contribution in [-0.2, 0) is 0 Å². The monoisotopic (exact) mass is 373 g/mol. The molecule has 0 amide bonds. The van der Waals surface area contributed by atoms with Crippen LogP contribution < -0.4 is 0 Å². The molecule has 0 fully saturated rings. The van der Waals surface area contributed by atoms with E-state index in [2.05, 4.69) is 44.8 Å². The minimum Gasteiger partial charge on any atom is -0.308 e. The van der Waals surface area contributed by atoms with Gasteiger partial charge in [0.05, 0.1) is 40.4 Å². The van der Waals surface area contributed by atoms with Crippen molar-refractivity contribution >= 4 is 43.4 Å². The molecule has 4 rings (SSSR count). The molecule has 1 atom stereocenters. The van der Waals surface area contributed by atoms with E-state index in [1.54, 1.807) is 0 Å². The standard InChI is InChI=1S/C20H12BrN3/c21-17-10-14(12-23)6-8-20(17)24-18-4-2-1-3-15(18)16-9-13(11-22)5-7-19(16)24/h1-9,14H,10H2. The van der Waals surface area contributed by atoms with Gasteiger partial charge in [-0.05, 0) is 30.3 Å². The number of rotatable bonds is 1. The Morgan fingerprint density at radius 2 is 1.83 bits per heavy atom. The van der Waals surface area contributed by atoms with E-state index in [-0.39, 0.29) is 5.92 Å². The SMILES string of the molecule is N#Cc1ccc2c(c1)c1ccccc1n2C1=C(Br)CC(C#N)C=C1. The highest BCUT2D eigenvalue weighted by atomic mass is 79.9. The second-order valence-corrected chi connectivity index (χ2v) is 6.74. The molecule has 114 valence electrons. The van der Waals surface area contributed by atoms with Crippen LogP contribution in [0.25, 0.3) is 27.5 Å². The molecule has 0 radical (unpaired) electrons. The zero-order valence-electron chi connectivity index (χ0n) is 12.7. The highest BCUT2D eigenvalue weighted by Crippen LogP contribution is 2.37. The maximum absolute atomic E-state index is 9.21. The molecule has 1 aromatic heterocycles. The van der Waals surface area contributed by atoms with Gasteiger partial charge in [0.2, 0.25) is 0 Å². The fourth-order valence-electron chi connectivity index (χ4n) is 3.25. The van der Waals surface area contributed by atoms with Crippen LogP contribution in [0.5, 0.6) is 0 Å². The molecule has 2 aromatic carbocycles. The number of hydrogen-bond acceptors (Lipinski definition) is 2. The number of aromatic nitrogens is 1. The molecule has 24 heavy (non-hydrogen) atoms. The summed E-state index contributed by atoms with van der Waals surface area (Å²) in [6.07, 6.45) is 4.63. The summed E-state index contributed by atoms with van der Waals surface area (Å²) in [5.74, 6) is -0.0959. The van der Waals surface area contributed by atoms with Crippen LogP contribution in [-0.4, -0.2) is 4.57 Å². The van der Waals surface area contributed by atoms with E-state index in [1.807, 2.05) is 42.5 Å². The number of fused-ring (bicyclic) bond motifs is 3. The first-order valence-electron chi connectivity index (χ1n) is 7.63. The molecule has 1 aliphatic rings. The summed E-state index contributed by atoms with van der Waals surface area (Å²) in [5, 5.41) is 20.5. The molecule has 0 N–H and O–H groups in total. The van der Waals surface area contributed by atoms with E-state index in [0.717, 1.165) is 32.0 Å². The van der Waals surface area contributed by atoms with Crippen molar-refractivity contribution in [3.05, 3.63) is 64.7 Å². The van der Waals surface area contributed by atoms with E-state index in [4.69, 9.17) is 5.26 Å². The number of hydrogen-bond donors (Lipinski definition) is 0. The van der Waals surface area contributed by atoms with E-state index in [9.17, 15) is 5.26 Å². The van der Waals surface area contributed by atoms with Gasteiger partial charge < -0.3 is 4.57 Å². The number of nitrogens with zero attached hydrogens (tertiary/aromatic N) is 3. The van der Waals surface area contributed by atoms with Gasteiger partial charge in [0.15, 0.2) is 0 Å². The van der Waals surface area contributed by atoms with E-state index in [0.29, 0.717) is 12.0 Å². The van der Waals surface area contributed by atoms with Gasteiger partial charge in [-0.3, -0.25) is 0 Å². The summed E-state index contributed by atoms with van der Waals surface area (Å²) in [6.45, 7) is 0. The first-order valence-corrected chi connectivity index (χ1v) is 8.42. The van der Waals surface area contributed by atoms with Gasteiger partial charge >= 0.3 is 0 Å². The third kappa shape index (κ3) is 2.16. The average Bonchev–Trinajstić information content (AvgIpc) is 2.95. The van der Waals surface area contributed by atoms with Crippen LogP contribution in [0.4, 0.5) is 0 Å². The quantitative estimate of drug-likeness (QED) is 0.578. The number of para-hydroxylation sites is 1. The lowest BCUT2D eigenvalue weighted by Crippen LogP contribution is -2.04. The largest absolute Gasteiger partial charge is 0.308 e. The molecule has 3 nitrogen and oxygen atoms in total. The Kier molecular flexibility index (Phi) is 3.49. The Balaban J connectivity index is 2.07. The second kappa shape index (κ2) is 5.67. The van der Waals surface area contributed by atoms with Crippen molar-refractivity contribution in [2.24, 2.45) is 5.92 Å². The topological polar surface area (TPSA) is 52.5 Å². The van der Waals surface area contributed by atoms with Crippen LogP contribution in [0.15, 0.2) is 59.1 Å². The van der Waals surface area contributed by atoms with Gasteiger partial charge in [-0.15, -0.1) is 0 Å². The minimum atomic E-state index is -0.0959. The fraction of sp³-hybridized carbons (Fsp3) is 0.100. The third-order valence-corrected chi connectivity index (χ3v) is 5.10. The van der Waals surface area contributed by atoms with Crippen LogP contribution in [0.1, 0.15) is 12.0 Å². The minimum absolute atomic E-state index is 0.0959. The Labute approximate surface area is 147 Å². The Morgan fingerprint density at radius 1 is 1.04 bits per heavy atom. The summed E-state index contributed by atoms with van der Waals surface area (Å²) < 4.78 is 3.21. The van der Waals surface area contributed by atoms with Crippen molar-refractivity contribution in [3.8, 4) is 12.1 Å². The molecule has 1 heterocycles. The van der Waals surface area contributed by atoms with Crippen molar-refractivity contribution in [2.45, 2.75) is 6.42 Å². The molecule has 0 spiro atoms. The number of benzene rings is 2. The first-order chi connectivity index (χ1) is 11.7. The smallest absolute Gasteiger partial charge is 0.0991 e. The molecule has 0 saturated carbocycles. The zero-order chi connectivity index (χ0) is 16.7. The lowest BCUT2D eigenvalue weighted by Gasteiger charge is -2.17. The maximum atomic E-state index is 9.21. The van der Waals surface area contributed by atoms with Crippen LogP contribution in [0.3, 0.4) is 0 Å². The van der Waals surface area contributed by atoms with E-state index < -0.39 is 0 Å². The summed E-state index contributed by atoms with van der Waals surface area (Å²) in [7, 11) is 0. The molecule has 3 aromatic rings. The molecular formula is C20H12BrN3. The lowest BCUT2D eigenvalue weighted by atomic mass is 10.0. The van der Waals surface area contributed by atoms with Crippen molar-refractivity contribution in [2.75, 3.05) is 0 Å². The van der Waals surface area contributed by atoms with Crippen molar-refractivity contribution < 1.29 is 0 Å². The molecular weight excluding hydrogens is 362 g/mol. The average molecular weight is 374 g/mol. The van der Waals surface area contributed by atoms with Crippen molar-refractivity contribution in [3.63, 3.8) is 0 Å². The predicted octanol–water partition coefficient (Wildman–Crippen LogP) is 5.33. The highest BCUT2D eigenvalue weighted by molar-refractivity contribution is 9.11. The molecule has 1 unspecified atom stereocenters. The summed E-state index contributed by atoms with van der Waals surface area (Å²) in [6, 6.07) is 18.5. The lowest BCUT2D eigenvalue weighted by molar-refractivity contribution is 0.827. The van der Waals surface area contributed by atoms with E-state index in [1.165, 1.54) is 0 Å². The molecule has 0 bridgehead atoms. The summed E-state index contributed by atoms with van der Waals surface area (Å²) in [5.41, 5.74) is 3.84. The van der Waals surface area contributed by atoms with Gasteiger partial charge in [0.1, 0.15) is 0 Å². The predicted molar refractivity (Wildman–Crippen MR) is 99.2 cm³/mol. The molecule has 0 saturated heterocycles. The van der Waals surface area contributed by atoms with Crippen molar-refractivity contribution in [1.82, 2.24) is 4.57 Å². The zero-order valence-corrected chi connectivity index (χ0v) is 14.3. The van der Waals surface area contributed by atoms with Gasteiger partial charge in [-0.2, -0.15) is 10.5 Å². The Morgan fingerprint density at radius 3 is 2.58 bits per heavy atom.